The van der Waals surface area contributed by atoms with Crippen LogP contribution in [0.3, 0.4) is 0 Å². The number of carbonyl (C=O) groups is 1. The molecule has 0 aliphatic carbocycles. The van der Waals surface area contributed by atoms with E-state index in [1.165, 1.54) is 0 Å². The molecule has 0 radical (unpaired) electrons. The highest BCUT2D eigenvalue weighted by atomic mass is 32.2. The van der Waals surface area contributed by atoms with Gasteiger partial charge >= 0.3 is 16.1 Å². The van der Waals surface area contributed by atoms with E-state index < -0.39 is 16.1 Å². The number of unbranched alkanes of at least 4 members (excludes halogenated alkanes) is 2. The van der Waals surface area contributed by atoms with E-state index in [1.807, 2.05) is 6.92 Å². The van der Waals surface area contributed by atoms with Crippen LogP contribution >= 0.6 is 0 Å². The fourth-order valence-electron chi connectivity index (χ4n) is 0.771. The van der Waals surface area contributed by atoms with Gasteiger partial charge in [0, 0.05) is 6.42 Å². The minimum Gasteiger partial charge on any atom is -0.346 e. The van der Waals surface area contributed by atoms with E-state index in [4.69, 9.17) is 0 Å². The van der Waals surface area contributed by atoms with Crippen LogP contribution in [0.25, 0.3) is 0 Å². The fraction of sp³-hybridized carbons (Fsp3) is 0.875. The quantitative estimate of drug-likeness (QED) is 0.489. The van der Waals surface area contributed by atoms with Gasteiger partial charge in [-0.05, 0) is 6.42 Å². The smallest absolute Gasteiger partial charge is 0.321 e. The van der Waals surface area contributed by atoms with E-state index in [1.54, 1.807) is 6.92 Å². The summed E-state index contributed by atoms with van der Waals surface area (Å²) in [4.78, 5) is 10.7. The first kappa shape index (κ1) is 12.4. The molecule has 0 N–H and O–H groups in total. The molecule has 0 heterocycles. The average Bonchev–Trinajstić information content (AvgIpc) is 2.03. The van der Waals surface area contributed by atoms with Gasteiger partial charge in [0.1, 0.15) is 0 Å². The number of rotatable bonds is 6. The zero-order valence-corrected chi connectivity index (χ0v) is 8.89. The average molecular weight is 208 g/mol. The van der Waals surface area contributed by atoms with Crippen molar-refractivity contribution < 1.29 is 17.4 Å². The Morgan fingerprint density at radius 1 is 1.23 bits per heavy atom. The maximum Gasteiger partial charge on any atom is 0.321 e. The maximum atomic E-state index is 11.0. The summed E-state index contributed by atoms with van der Waals surface area (Å²) < 4.78 is 26.3. The molecule has 0 atom stereocenters. The first-order valence-corrected chi connectivity index (χ1v) is 6.04. The number of hydrogen-bond donors (Lipinski definition) is 0. The summed E-state index contributed by atoms with van der Waals surface area (Å²) >= 11 is 0. The van der Waals surface area contributed by atoms with Gasteiger partial charge < -0.3 is 4.18 Å². The van der Waals surface area contributed by atoms with Crippen molar-refractivity contribution in [3.63, 3.8) is 0 Å². The van der Waals surface area contributed by atoms with Gasteiger partial charge in [-0.2, -0.15) is 8.42 Å². The summed E-state index contributed by atoms with van der Waals surface area (Å²) in [7, 11) is -3.61. The Hall–Kier alpha value is -0.580. The maximum absolute atomic E-state index is 11.0. The van der Waals surface area contributed by atoms with Gasteiger partial charge in [-0.15, -0.1) is 0 Å². The molecule has 0 fully saturated rings. The summed E-state index contributed by atoms with van der Waals surface area (Å²) in [5.41, 5.74) is 0. The highest BCUT2D eigenvalue weighted by Crippen LogP contribution is 2.02. The van der Waals surface area contributed by atoms with Crippen LogP contribution in [-0.2, 0) is 19.1 Å². The van der Waals surface area contributed by atoms with Crippen molar-refractivity contribution in [2.75, 3.05) is 5.75 Å². The Kier molecular flexibility index (Phi) is 5.70. The van der Waals surface area contributed by atoms with E-state index in [0.717, 1.165) is 12.8 Å². The topological polar surface area (TPSA) is 60.4 Å². The van der Waals surface area contributed by atoms with Crippen molar-refractivity contribution in [3.05, 3.63) is 0 Å². The molecule has 0 rings (SSSR count). The van der Waals surface area contributed by atoms with Gasteiger partial charge in [-0.3, -0.25) is 4.79 Å². The molecule has 13 heavy (non-hydrogen) atoms. The van der Waals surface area contributed by atoms with Gasteiger partial charge in [0.15, 0.2) is 0 Å². The lowest BCUT2D eigenvalue weighted by Crippen LogP contribution is -2.15. The summed E-state index contributed by atoms with van der Waals surface area (Å²) in [6.07, 6.45) is 2.42. The monoisotopic (exact) mass is 208 g/mol. The van der Waals surface area contributed by atoms with Crippen LogP contribution in [-0.4, -0.2) is 20.1 Å². The molecule has 0 bridgehead atoms. The molecular weight excluding hydrogens is 192 g/mol. The molecule has 0 unspecified atom stereocenters. The molecule has 0 aromatic rings. The van der Waals surface area contributed by atoms with Crippen LogP contribution in [0.2, 0.25) is 0 Å². The summed E-state index contributed by atoms with van der Waals surface area (Å²) in [5, 5.41) is 0. The molecule has 0 aromatic carbocycles. The normalized spacial score (nSPS) is 11.2. The van der Waals surface area contributed by atoms with Gasteiger partial charge in [-0.25, -0.2) is 0 Å². The van der Waals surface area contributed by atoms with E-state index in [-0.39, 0.29) is 12.2 Å². The molecule has 0 saturated heterocycles. The molecule has 0 aliphatic rings. The highest BCUT2D eigenvalue weighted by molar-refractivity contribution is 7.87. The third-order valence-corrected chi connectivity index (χ3v) is 2.73. The van der Waals surface area contributed by atoms with E-state index >= 15 is 0 Å². The first-order valence-electron chi connectivity index (χ1n) is 4.46. The third-order valence-electron chi connectivity index (χ3n) is 1.51. The van der Waals surface area contributed by atoms with E-state index in [2.05, 4.69) is 4.18 Å². The molecule has 0 saturated carbocycles. The standard InChI is InChI=1S/C8H16O4S/c1-3-5-6-7-13(10,11)12-8(9)4-2/h3-7H2,1-2H3. The van der Waals surface area contributed by atoms with Crippen LogP contribution in [0.1, 0.15) is 39.5 Å². The highest BCUT2D eigenvalue weighted by Gasteiger charge is 2.14. The van der Waals surface area contributed by atoms with E-state index in [9.17, 15) is 13.2 Å². The molecule has 0 aliphatic heterocycles. The Morgan fingerprint density at radius 2 is 1.85 bits per heavy atom. The molecule has 78 valence electrons. The SMILES string of the molecule is CCCCCS(=O)(=O)OC(=O)CC. The minimum absolute atomic E-state index is 0.0629. The molecule has 0 aromatic heterocycles. The van der Waals surface area contributed by atoms with E-state index in [0.29, 0.717) is 6.42 Å². The van der Waals surface area contributed by atoms with Crippen molar-refractivity contribution in [2.45, 2.75) is 39.5 Å². The molecular formula is C8H16O4S. The second-order valence-electron chi connectivity index (χ2n) is 2.78. The predicted octanol–water partition coefficient (Wildman–Crippen LogP) is 1.46. The molecule has 5 heteroatoms. The third kappa shape index (κ3) is 6.57. The second-order valence-corrected chi connectivity index (χ2v) is 4.47. The summed E-state index contributed by atoms with van der Waals surface area (Å²) in [6.45, 7) is 3.54. The Balaban J connectivity index is 3.88. The lowest BCUT2D eigenvalue weighted by Gasteiger charge is -2.03. The Morgan fingerprint density at radius 3 is 2.31 bits per heavy atom. The van der Waals surface area contributed by atoms with Crippen molar-refractivity contribution in [3.8, 4) is 0 Å². The number of carbonyl (C=O) groups excluding carboxylic acids is 1. The van der Waals surface area contributed by atoms with Crippen LogP contribution in [0.15, 0.2) is 0 Å². The summed E-state index contributed by atoms with van der Waals surface area (Å²) in [6, 6.07) is 0. The largest absolute Gasteiger partial charge is 0.346 e. The van der Waals surface area contributed by atoms with Gasteiger partial charge in [-0.1, -0.05) is 26.7 Å². The molecule has 4 nitrogen and oxygen atoms in total. The minimum atomic E-state index is -3.61. The fourth-order valence-corrected chi connectivity index (χ4v) is 1.81. The first-order chi connectivity index (χ1) is 6.02. The zero-order chi connectivity index (χ0) is 10.3. The van der Waals surface area contributed by atoms with Crippen molar-refractivity contribution in [2.24, 2.45) is 0 Å². The van der Waals surface area contributed by atoms with Gasteiger partial charge in [0.05, 0.1) is 5.75 Å². The van der Waals surface area contributed by atoms with Crippen LogP contribution < -0.4 is 0 Å². The Bertz CT molecular complexity index is 243. The van der Waals surface area contributed by atoms with Crippen LogP contribution in [0.4, 0.5) is 0 Å². The van der Waals surface area contributed by atoms with Gasteiger partial charge in [0.2, 0.25) is 0 Å². The second kappa shape index (κ2) is 5.96. The zero-order valence-electron chi connectivity index (χ0n) is 8.08. The van der Waals surface area contributed by atoms with Gasteiger partial charge in [0.25, 0.3) is 0 Å². The predicted molar refractivity (Wildman–Crippen MR) is 49.7 cm³/mol. The van der Waals surface area contributed by atoms with Crippen molar-refractivity contribution in [1.82, 2.24) is 0 Å². The Labute approximate surface area is 79.4 Å². The lowest BCUT2D eigenvalue weighted by molar-refractivity contribution is -0.133. The van der Waals surface area contributed by atoms with Crippen LogP contribution in [0.5, 0.6) is 0 Å². The van der Waals surface area contributed by atoms with Crippen molar-refractivity contribution in [1.29, 1.82) is 0 Å². The lowest BCUT2D eigenvalue weighted by atomic mass is 10.3. The molecule has 0 amide bonds. The number of hydrogen-bond acceptors (Lipinski definition) is 4. The van der Waals surface area contributed by atoms with Crippen molar-refractivity contribution >= 4 is 16.1 Å². The summed E-state index contributed by atoms with van der Waals surface area (Å²) in [5.74, 6) is -0.747. The molecule has 0 spiro atoms. The van der Waals surface area contributed by atoms with Crippen LogP contribution in [0, 0.1) is 0 Å².